The zero-order valence-electron chi connectivity index (χ0n) is 12.2. The van der Waals surface area contributed by atoms with E-state index in [4.69, 9.17) is 31.5 Å². The van der Waals surface area contributed by atoms with E-state index in [9.17, 15) is 0 Å². The molecule has 0 amide bonds. The lowest BCUT2D eigenvalue weighted by Crippen LogP contribution is -2.13. The maximum absolute atomic E-state index is 6.29. The summed E-state index contributed by atoms with van der Waals surface area (Å²) in [7, 11) is 4.75. The highest BCUT2D eigenvalue weighted by molar-refractivity contribution is 7.16. The largest absolute Gasteiger partial charge is 0.493 e. The highest BCUT2D eigenvalue weighted by Gasteiger charge is 2.17. The van der Waals surface area contributed by atoms with E-state index in [0.29, 0.717) is 23.7 Å². The van der Waals surface area contributed by atoms with Crippen molar-refractivity contribution >= 4 is 22.9 Å². The minimum Gasteiger partial charge on any atom is -0.493 e. The van der Waals surface area contributed by atoms with Crippen LogP contribution in [-0.4, -0.2) is 21.3 Å². The van der Waals surface area contributed by atoms with Crippen molar-refractivity contribution < 1.29 is 14.2 Å². The molecular weight excluding hydrogens is 310 g/mol. The Balaban J connectivity index is 2.30. The molecule has 0 fully saturated rings. The molecule has 2 N–H and O–H groups in total. The van der Waals surface area contributed by atoms with Crippen LogP contribution in [0.5, 0.6) is 17.2 Å². The first-order chi connectivity index (χ1) is 10.1. The Hall–Kier alpha value is -1.43. The van der Waals surface area contributed by atoms with Crippen LogP contribution in [0.3, 0.4) is 0 Å². The van der Waals surface area contributed by atoms with Gasteiger partial charge in [-0.15, -0.1) is 11.3 Å². The molecule has 21 heavy (non-hydrogen) atoms. The average Bonchev–Trinajstić information content (AvgIpc) is 2.90. The van der Waals surface area contributed by atoms with Crippen LogP contribution in [-0.2, 0) is 6.42 Å². The first-order valence-electron chi connectivity index (χ1n) is 6.38. The van der Waals surface area contributed by atoms with Gasteiger partial charge in [-0.25, -0.2) is 0 Å². The Morgan fingerprint density at radius 1 is 1.10 bits per heavy atom. The predicted molar refractivity (Wildman–Crippen MR) is 86.1 cm³/mol. The van der Waals surface area contributed by atoms with Crippen LogP contribution in [0.2, 0.25) is 4.34 Å². The number of benzene rings is 1. The normalized spacial score (nSPS) is 12.0. The van der Waals surface area contributed by atoms with Crippen molar-refractivity contribution in [2.24, 2.45) is 5.73 Å². The van der Waals surface area contributed by atoms with Crippen molar-refractivity contribution in [3.63, 3.8) is 0 Å². The Morgan fingerprint density at radius 2 is 1.71 bits per heavy atom. The van der Waals surface area contributed by atoms with Gasteiger partial charge in [-0.3, -0.25) is 0 Å². The Bertz CT molecular complexity index is 590. The van der Waals surface area contributed by atoms with Gasteiger partial charge < -0.3 is 19.9 Å². The van der Waals surface area contributed by atoms with Gasteiger partial charge in [-0.1, -0.05) is 11.6 Å². The Kier molecular flexibility index (Phi) is 5.33. The van der Waals surface area contributed by atoms with Crippen molar-refractivity contribution in [2.45, 2.75) is 12.5 Å². The van der Waals surface area contributed by atoms with E-state index in [-0.39, 0.29) is 6.04 Å². The van der Waals surface area contributed by atoms with E-state index < -0.39 is 0 Å². The maximum atomic E-state index is 6.29. The lowest BCUT2D eigenvalue weighted by Gasteiger charge is -2.17. The molecule has 6 heteroatoms. The van der Waals surface area contributed by atoms with Crippen molar-refractivity contribution in [3.8, 4) is 17.2 Å². The van der Waals surface area contributed by atoms with E-state index in [0.717, 1.165) is 14.8 Å². The van der Waals surface area contributed by atoms with Crippen molar-refractivity contribution in [1.29, 1.82) is 0 Å². The summed E-state index contributed by atoms with van der Waals surface area (Å²) in [5.41, 5.74) is 7.21. The zero-order valence-corrected chi connectivity index (χ0v) is 13.8. The maximum Gasteiger partial charge on any atom is 0.203 e. The molecule has 1 heterocycles. The van der Waals surface area contributed by atoms with E-state index in [1.165, 1.54) is 11.3 Å². The molecule has 114 valence electrons. The van der Waals surface area contributed by atoms with Crippen LogP contribution in [0, 0.1) is 0 Å². The first kappa shape index (κ1) is 15.9. The fourth-order valence-corrected chi connectivity index (χ4v) is 3.26. The quantitative estimate of drug-likeness (QED) is 0.879. The fourth-order valence-electron chi connectivity index (χ4n) is 2.11. The van der Waals surface area contributed by atoms with Gasteiger partial charge in [-0.05, 0) is 29.8 Å². The summed E-state index contributed by atoms with van der Waals surface area (Å²) in [6, 6.07) is 7.45. The molecule has 0 radical (unpaired) electrons. The SMILES string of the molecule is COc1cc(C(N)Cc2ccc(Cl)s2)cc(OC)c1OC. The van der Waals surface area contributed by atoms with Crippen LogP contribution < -0.4 is 19.9 Å². The van der Waals surface area contributed by atoms with Gasteiger partial charge in [0.15, 0.2) is 11.5 Å². The monoisotopic (exact) mass is 327 g/mol. The molecule has 1 aromatic carbocycles. The number of halogens is 1. The zero-order chi connectivity index (χ0) is 15.4. The molecule has 1 atom stereocenters. The first-order valence-corrected chi connectivity index (χ1v) is 7.58. The third-order valence-corrected chi connectivity index (χ3v) is 4.42. The predicted octanol–water partition coefficient (Wildman–Crippen LogP) is 3.67. The number of hydrogen-bond acceptors (Lipinski definition) is 5. The van der Waals surface area contributed by atoms with Crippen LogP contribution in [0.15, 0.2) is 24.3 Å². The molecule has 0 aliphatic heterocycles. The van der Waals surface area contributed by atoms with Gasteiger partial charge in [0.05, 0.1) is 25.7 Å². The van der Waals surface area contributed by atoms with Gasteiger partial charge in [0.2, 0.25) is 5.75 Å². The minimum absolute atomic E-state index is 0.173. The van der Waals surface area contributed by atoms with Gasteiger partial charge in [-0.2, -0.15) is 0 Å². The van der Waals surface area contributed by atoms with Crippen LogP contribution in [0.4, 0.5) is 0 Å². The molecule has 0 saturated heterocycles. The second kappa shape index (κ2) is 7.02. The van der Waals surface area contributed by atoms with Crippen molar-refractivity contribution in [2.75, 3.05) is 21.3 Å². The topological polar surface area (TPSA) is 53.7 Å². The number of nitrogens with two attached hydrogens (primary N) is 1. The third-order valence-electron chi connectivity index (χ3n) is 3.17. The van der Waals surface area contributed by atoms with Crippen molar-refractivity contribution in [3.05, 3.63) is 39.0 Å². The van der Waals surface area contributed by atoms with E-state index in [1.54, 1.807) is 21.3 Å². The molecule has 2 rings (SSSR count). The molecule has 0 aliphatic carbocycles. The molecule has 0 bridgehead atoms. The van der Waals surface area contributed by atoms with E-state index >= 15 is 0 Å². The highest BCUT2D eigenvalue weighted by Crippen LogP contribution is 2.40. The van der Waals surface area contributed by atoms with Crippen LogP contribution in [0.1, 0.15) is 16.5 Å². The second-order valence-electron chi connectivity index (χ2n) is 4.48. The summed E-state index contributed by atoms with van der Waals surface area (Å²) in [5, 5.41) is 0. The molecule has 0 saturated carbocycles. The average molecular weight is 328 g/mol. The summed E-state index contributed by atoms with van der Waals surface area (Å²) >= 11 is 7.48. The fraction of sp³-hybridized carbons (Fsp3) is 0.333. The summed E-state index contributed by atoms with van der Waals surface area (Å²) in [6.45, 7) is 0. The number of methoxy groups -OCH3 is 3. The number of rotatable bonds is 6. The van der Waals surface area contributed by atoms with E-state index in [1.807, 2.05) is 24.3 Å². The highest BCUT2D eigenvalue weighted by atomic mass is 35.5. The third kappa shape index (κ3) is 3.61. The van der Waals surface area contributed by atoms with Crippen LogP contribution in [0.25, 0.3) is 0 Å². The molecule has 2 aromatic rings. The minimum atomic E-state index is -0.173. The van der Waals surface area contributed by atoms with E-state index in [2.05, 4.69) is 0 Å². The number of thiophene rings is 1. The lowest BCUT2D eigenvalue weighted by molar-refractivity contribution is 0.323. The van der Waals surface area contributed by atoms with Gasteiger partial charge in [0.1, 0.15) is 0 Å². The molecular formula is C15H18ClNO3S. The van der Waals surface area contributed by atoms with Crippen LogP contribution >= 0.6 is 22.9 Å². The van der Waals surface area contributed by atoms with Crippen molar-refractivity contribution in [1.82, 2.24) is 0 Å². The number of hydrogen-bond donors (Lipinski definition) is 1. The number of ether oxygens (including phenoxy) is 3. The van der Waals surface area contributed by atoms with Gasteiger partial charge >= 0.3 is 0 Å². The standard InChI is InChI=1S/C15H18ClNO3S/c1-18-12-6-9(7-13(19-2)15(12)20-3)11(17)8-10-4-5-14(16)21-10/h4-7,11H,8,17H2,1-3H3. The summed E-state index contributed by atoms with van der Waals surface area (Å²) in [6.07, 6.45) is 0.704. The summed E-state index contributed by atoms with van der Waals surface area (Å²) in [4.78, 5) is 1.14. The second-order valence-corrected chi connectivity index (χ2v) is 6.27. The molecule has 0 aliphatic rings. The molecule has 1 unspecified atom stereocenters. The molecule has 4 nitrogen and oxygen atoms in total. The Labute approximate surface area is 133 Å². The summed E-state index contributed by atoms with van der Waals surface area (Å²) < 4.78 is 16.8. The van der Waals surface area contributed by atoms with Gasteiger partial charge in [0, 0.05) is 17.3 Å². The summed E-state index contributed by atoms with van der Waals surface area (Å²) in [5.74, 6) is 1.77. The lowest BCUT2D eigenvalue weighted by atomic mass is 10.0. The molecule has 0 spiro atoms. The smallest absolute Gasteiger partial charge is 0.203 e. The Morgan fingerprint density at radius 3 is 2.14 bits per heavy atom. The molecule has 1 aromatic heterocycles. The van der Waals surface area contributed by atoms with Gasteiger partial charge in [0.25, 0.3) is 0 Å².